The highest BCUT2D eigenvalue weighted by molar-refractivity contribution is 5.74. The summed E-state index contributed by atoms with van der Waals surface area (Å²) in [7, 11) is 0. The first kappa shape index (κ1) is 20.0. The summed E-state index contributed by atoms with van der Waals surface area (Å²) < 4.78 is 0. The molecule has 0 aromatic heterocycles. The maximum Gasteiger partial charge on any atom is 0.315 e. The lowest BCUT2D eigenvalue weighted by Crippen LogP contribution is -2.56. The molecule has 1 aliphatic carbocycles. The van der Waals surface area contributed by atoms with Crippen molar-refractivity contribution in [3.05, 3.63) is 0 Å². The number of aliphatic carboxylic acids is 1. The molecule has 2 amide bonds. The minimum absolute atomic E-state index is 0.0495. The summed E-state index contributed by atoms with van der Waals surface area (Å²) >= 11 is 0. The summed E-state index contributed by atoms with van der Waals surface area (Å²) in [5.74, 6) is -0.187. The predicted molar refractivity (Wildman–Crippen MR) is 98.6 cm³/mol. The van der Waals surface area contributed by atoms with Gasteiger partial charge in [-0.3, -0.25) is 9.69 Å². The van der Waals surface area contributed by atoms with Crippen LogP contribution in [-0.2, 0) is 4.79 Å². The van der Waals surface area contributed by atoms with Gasteiger partial charge in [-0.1, -0.05) is 13.3 Å². The number of carboxylic acid groups (broad SMARTS) is 1. The van der Waals surface area contributed by atoms with Crippen LogP contribution in [-0.4, -0.2) is 53.2 Å². The molecule has 6 nitrogen and oxygen atoms in total. The highest BCUT2D eigenvalue weighted by Crippen LogP contribution is 2.26. The number of nitrogens with one attached hydrogen (secondary N) is 2. The van der Waals surface area contributed by atoms with Gasteiger partial charge in [-0.15, -0.1) is 0 Å². The molecule has 1 saturated heterocycles. The summed E-state index contributed by atoms with van der Waals surface area (Å²) in [5.41, 5.74) is -0.0495. The number of amides is 2. The molecule has 6 heteroatoms. The van der Waals surface area contributed by atoms with E-state index in [0.717, 1.165) is 31.8 Å². The van der Waals surface area contributed by atoms with Crippen LogP contribution in [0.15, 0.2) is 0 Å². The van der Waals surface area contributed by atoms with Crippen LogP contribution in [0.1, 0.15) is 65.7 Å². The number of hydrogen-bond donors (Lipinski definition) is 3. The second-order valence-electron chi connectivity index (χ2n) is 8.39. The molecule has 3 N–H and O–H groups in total. The fraction of sp³-hybridized carbons (Fsp3) is 0.895. The molecule has 1 unspecified atom stereocenters. The third-order valence-electron chi connectivity index (χ3n) is 6.05. The lowest BCUT2D eigenvalue weighted by atomic mass is 9.86. The molecule has 1 saturated carbocycles. The van der Waals surface area contributed by atoms with Gasteiger partial charge in [0.2, 0.25) is 0 Å². The Morgan fingerprint density at radius 1 is 1.16 bits per heavy atom. The first-order chi connectivity index (χ1) is 11.8. The fourth-order valence-corrected chi connectivity index (χ4v) is 4.08. The predicted octanol–water partition coefficient (Wildman–Crippen LogP) is 2.83. The molecule has 2 rings (SSSR count). The number of rotatable bonds is 6. The highest BCUT2D eigenvalue weighted by atomic mass is 16.4. The standard InChI is InChI=1S/C19H35N3O3/c1-4-14-6-5-11-22(12-14)19(2,3)13-20-18(25)21-16-9-7-15(8-10-16)17(23)24/h14-16H,4-13H2,1-3H3,(H,23,24)(H2,20,21,25). The maximum absolute atomic E-state index is 12.2. The molecule has 0 radical (unpaired) electrons. The molecule has 0 bridgehead atoms. The number of carboxylic acids is 1. The Bertz CT molecular complexity index is 459. The van der Waals surface area contributed by atoms with E-state index in [1.165, 1.54) is 19.3 Å². The number of carbonyl (C=O) groups excluding carboxylic acids is 1. The second kappa shape index (κ2) is 8.88. The van der Waals surface area contributed by atoms with Crippen LogP contribution in [0.3, 0.4) is 0 Å². The Hall–Kier alpha value is -1.30. The van der Waals surface area contributed by atoms with E-state index in [-0.39, 0.29) is 23.5 Å². The summed E-state index contributed by atoms with van der Waals surface area (Å²) in [6.07, 6.45) is 6.57. The van der Waals surface area contributed by atoms with Crippen LogP contribution >= 0.6 is 0 Å². The van der Waals surface area contributed by atoms with E-state index in [9.17, 15) is 9.59 Å². The number of piperidine rings is 1. The Kier molecular flexibility index (Phi) is 7.11. The van der Waals surface area contributed by atoms with Gasteiger partial charge in [0.25, 0.3) is 0 Å². The Morgan fingerprint density at radius 2 is 1.84 bits per heavy atom. The zero-order valence-electron chi connectivity index (χ0n) is 16.0. The first-order valence-electron chi connectivity index (χ1n) is 9.84. The summed E-state index contributed by atoms with van der Waals surface area (Å²) in [6.45, 7) is 9.50. The van der Waals surface area contributed by atoms with Crippen molar-refractivity contribution in [1.29, 1.82) is 0 Å². The van der Waals surface area contributed by atoms with Crippen LogP contribution in [0.5, 0.6) is 0 Å². The van der Waals surface area contributed by atoms with Crippen LogP contribution in [0, 0.1) is 11.8 Å². The topological polar surface area (TPSA) is 81.7 Å². The van der Waals surface area contributed by atoms with Gasteiger partial charge in [0.15, 0.2) is 0 Å². The quantitative estimate of drug-likeness (QED) is 0.686. The molecule has 0 aromatic carbocycles. The van der Waals surface area contributed by atoms with Gasteiger partial charge in [0, 0.05) is 24.7 Å². The van der Waals surface area contributed by atoms with Crippen LogP contribution < -0.4 is 10.6 Å². The lowest BCUT2D eigenvalue weighted by molar-refractivity contribution is -0.142. The average molecular weight is 354 g/mol. The van der Waals surface area contributed by atoms with E-state index < -0.39 is 5.97 Å². The zero-order valence-corrected chi connectivity index (χ0v) is 16.0. The minimum Gasteiger partial charge on any atom is -0.481 e. The maximum atomic E-state index is 12.2. The normalized spacial score (nSPS) is 28.4. The van der Waals surface area contributed by atoms with Crippen molar-refractivity contribution in [2.24, 2.45) is 11.8 Å². The minimum atomic E-state index is -0.712. The summed E-state index contributed by atoms with van der Waals surface area (Å²) in [5, 5.41) is 15.1. The Morgan fingerprint density at radius 3 is 2.44 bits per heavy atom. The lowest BCUT2D eigenvalue weighted by Gasteiger charge is -2.43. The van der Waals surface area contributed by atoms with Crippen molar-refractivity contribution in [3.63, 3.8) is 0 Å². The number of urea groups is 1. The van der Waals surface area contributed by atoms with Crippen molar-refractivity contribution in [3.8, 4) is 0 Å². The van der Waals surface area contributed by atoms with E-state index in [1.807, 2.05) is 0 Å². The number of hydrogen-bond acceptors (Lipinski definition) is 3. The van der Waals surface area contributed by atoms with E-state index in [4.69, 9.17) is 5.11 Å². The van der Waals surface area contributed by atoms with Gasteiger partial charge in [-0.25, -0.2) is 4.79 Å². The number of nitrogens with zero attached hydrogens (tertiary/aromatic N) is 1. The molecule has 2 aliphatic rings. The third kappa shape index (κ3) is 5.87. The van der Waals surface area contributed by atoms with E-state index in [0.29, 0.717) is 19.4 Å². The van der Waals surface area contributed by atoms with Crippen molar-refractivity contribution >= 4 is 12.0 Å². The van der Waals surface area contributed by atoms with E-state index >= 15 is 0 Å². The molecular formula is C19H35N3O3. The third-order valence-corrected chi connectivity index (χ3v) is 6.05. The second-order valence-corrected chi connectivity index (χ2v) is 8.39. The molecular weight excluding hydrogens is 318 g/mol. The van der Waals surface area contributed by atoms with E-state index in [2.05, 4.69) is 36.3 Å². The number of likely N-dealkylation sites (tertiary alicyclic amines) is 1. The zero-order chi connectivity index (χ0) is 18.4. The number of carbonyl (C=O) groups is 2. The summed E-state index contributed by atoms with van der Waals surface area (Å²) in [6, 6.07) is -0.0333. The average Bonchev–Trinajstić information content (AvgIpc) is 2.60. The van der Waals surface area contributed by atoms with Gasteiger partial charge < -0.3 is 15.7 Å². The van der Waals surface area contributed by atoms with Gasteiger partial charge in [-0.2, -0.15) is 0 Å². The summed E-state index contributed by atoms with van der Waals surface area (Å²) in [4.78, 5) is 25.7. The highest BCUT2D eigenvalue weighted by Gasteiger charge is 2.32. The first-order valence-corrected chi connectivity index (χ1v) is 9.84. The smallest absolute Gasteiger partial charge is 0.315 e. The van der Waals surface area contributed by atoms with Crippen molar-refractivity contribution in [2.75, 3.05) is 19.6 Å². The molecule has 0 spiro atoms. The van der Waals surface area contributed by atoms with E-state index in [1.54, 1.807) is 0 Å². The fourth-order valence-electron chi connectivity index (χ4n) is 4.08. The van der Waals surface area contributed by atoms with Crippen LogP contribution in [0.25, 0.3) is 0 Å². The Labute approximate surface area is 151 Å². The molecule has 0 aromatic rings. The molecule has 2 fully saturated rings. The van der Waals surface area contributed by atoms with Gasteiger partial charge >= 0.3 is 12.0 Å². The largest absolute Gasteiger partial charge is 0.481 e. The van der Waals surface area contributed by atoms with Crippen molar-refractivity contribution in [1.82, 2.24) is 15.5 Å². The SMILES string of the molecule is CCC1CCCN(C(C)(C)CNC(=O)NC2CCC(C(=O)O)CC2)C1. The Balaban J connectivity index is 1.72. The molecule has 1 heterocycles. The van der Waals surface area contributed by atoms with Gasteiger partial charge in [-0.05, 0) is 64.8 Å². The van der Waals surface area contributed by atoms with Gasteiger partial charge in [0.1, 0.15) is 0 Å². The van der Waals surface area contributed by atoms with Crippen molar-refractivity contribution < 1.29 is 14.7 Å². The monoisotopic (exact) mass is 353 g/mol. The molecule has 25 heavy (non-hydrogen) atoms. The van der Waals surface area contributed by atoms with Crippen molar-refractivity contribution in [2.45, 2.75) is 77.3 Å². The van der Waals surface area contributed by atoms with Gasteiger partial charge in [0.05, 0.1) is 5.92 Å². The van der Waals surface area contributed by atoms with Crippen LogP contribution in [0.4, 0.5) is 4.79 Å². The molecule has 1 atom stereocenters. The van der Waals surface area contributed by atoms with Crippen LogP contribution in [0.2, 0.25) is 0 Å². The molecule has 1 aliphatic heterocycles. The molecule has 144 valence electrons.